The largest absolute Gasteiger partial charge is 0.383 e. The molecule has 1 aromatic carbocycles. The highest BCUT2D eigenvalue weighted by atomic mass is 79.9. The van der Waals surface area contributed by atoms with Crippen molar-refractivity contribution in [2.24, 2.45) is 0 Å². The first kappa shape index (κ1) is 9.19. The number of hydrogen-bond acceptors (Lipinski definition) is 2. The number of rotatable bonds is 1. The van der Waals surface area contributed by atoms with Crippen LogP contribution in [0.4, 0.5) is 0 Å². The standard InChI is InChI=1S/C10H11BrO2/c11-9-3-1-2-8(6-9)10(12)4-5-13-7-10/h1-3,6,12H,4-5,7H2. The molecule has 2 rings (SSSR count). The van der Waals surface area contributed by atoms with Crippen molar-refractivity contribution < 1.29 is 9.84 Å². The zero-order valence-electron chi connectivity index (χ0n) is 7.16. The predicted molar refractivity (Wildman–Crippen MR) is 53.5 cm³/mol. The van der Waals surface area contributed by atoms with E-state index >= 15 is 0 Å². The summed E-state index contributed by atoms with van der Waals surface area (Å²) < 4.78 is 6.18. The van der Waals surface area contributed by atoms with Gasteiger partial charge in [-0.05, 0) is 17.7 Å². The molecule has 3 heteroatoms. The predicted octanol–water partition coefficient (Wildman–Crippen LogP) is 2.06. The molecule has 1 N–H and O–H groups in total. The van der Waals surface area contributed by atoms with Gasteiger partial charge in [-0.25, -0.2) is 0 Å². The van der Waals surface area contributed by atoms with E-state index in [0.29, 0.717) is 19.6 Å². The van der Waals surface area contributed by atoms with E-state index < -0.39 is 5.60 Å². The fourth-order valence-corrected chi connectivity index (χ4v) is 1.96. The van der Waals surface area contributed by atoms with E-state index in [0.717, 1.165) is 10.0 Å². The van der Waals surface area contributed by atoms with Crippen molar-refractivity contribution >= 4 is 15.9 Å². The quantitative estimate of drug-likeness (QED) is 0.818. The van der Waals surface area contributed by atoms with Crippen LogP contribution < -0.4 is 0 Å². The molecular formula is C10H11BrO2. The van der Waals surface area contributed by atoms with Crippen LogP contribution in [0.25, 0.3) is 0 Å². The number of benzene rings is 1. The Morgan fingerprint density at radius 3 is 2.92 bits per heavy atom. The zero-order chi connectivity index (χ0) is 9.31. The van der Waals surface area contributed by atoms with E-state index in [1.807, 2.05) is 24.3 Å². The minimum absolute atomic E-state index is 0.406. The molecule has 1 aromatic rings. The van der Waals surface area contributed by atoms with Gasteiger partial charge >= 0.3 is 0 Å². The Kier molecular flexibility index (Phi) is 2.41. The topological polar surface area (TPSA) is 29.5 Å². The minimum atomic E-state index is -0.774. The van der Waals surface area contributed by atoms with Gasteiger partial charge in [0, 0.05) is 17.5 Å². The lowest BCUT2D eigenvalue weighted by atomic mass is 9.93. The van der Waals surface area contributed by atoms with E-state index in [2.05, 4.69) is 15.9 Å². The van der Waals surface area contributed by atoms with E-state index in [9.17, 15) is 5.11 Å². The van der Waals surface area contributed by atoms with Crippen LogP contribution in [0.2, 0.25) is 0 Å². The van der Waals surface area contributed by atoms with Crippen LogP contribution in [-0.2, 0) is 10.3 Å². The van der Waals surface area contributed by atoms with Crippen LogP contribution in [0.5, 0.6) is 0 Å². The van der Waals surface area contributed by atoms with Crippen LogP contribution in [0.15, 0.2) is 28.7 Å². The molecule has 1 aliphatic heterocycles. The molecule has 1 heterocycles. The van der Waals surface area contributed by atoms with Crippen molar-refractivity contribution in [3.05, 3.63) is 34.3 Å². The summed E-state index contributed by atoms with van der Waals surface area (Å²) in [6.07, 6.45) is 0.684. The lowest BCUT2D eigenvalue weighted by molar-refractivity contribution is 0.0231. The summed E-state index contributed by atoms with van der Waals surface area (Å²) in [5, 5.41) is 10.1. The second-order valence-electron chi connectivity index (χ2n) is 3.34. The average molecular weight is 243 g/mol. The second kappa shape index (κ2) is 3.40. The Hall–Kier alpha value is -0.380. The van der Waals surface area contributed by atoms with Gasteiger partial charge in [-0.2, -0.15) is 0 Å². The molecule has 0 bridgehead atoms. The molecule has 0 radical (unpaired) electrons. The monoisotopic (exact) mass is 242 g/mol. The van der Waals surface area contributed by atoms with Crippen molar-refractivity contribution in [1.29, 1.82) is 0 Å². The molecule has 13 heavy (non-hydrogen) atoms. The molecule has 0 amide bonds. The van der Waals surface area contributed by atoms with Gasteiger partial charge in [0.1, 0.15) is 5.60 Å². The van der Waals surface area contributed by atoms with Crippen molar-refractivity contribution in [3.8, 4) is 0 Å². The van der Waals surface area contributed by atoms with E-state index in [4.69, 9.17) is 4.74 Å². The zero-order valence-corrected chi connectivity index (χ0v) is 8.75. The minimum Gasteiger partial charge on any atom is -0.383 e. The molecule has 0 aromatic heterocycles. The van der Waals surface area contributed by atoms with E-state index in [-0.39, 0.29) is 0 Å². The highest BCUT2D eigenvalue weighted by Gasteiger charge is 2.33. The molecule has 1 saturated heterocycles. The van der Waals surface area contributed by atoms with E-state index in [1.54, 1.807) is 0 Å². The molecule has 1 atom stereocenters. The summed E-state index contributed by atoms with van der Waals surface area (Å²) in [6, 6.07) is 7.74. The lowest BCUT2D eigenvalue weighted by Crippen LogP contribution is -2.25. The molecule has 1 fully saturated rings. The SMILES string of the molecule is OC1(c2cccc(Br)c2)CCOC1. The molecular weight excluding hydrogens is 232 g/mol. The second-order valence-corrected chi connectivity index (χ2v) is 4.26. The average Bonchev–Trinajstić information content (AvgIpc) is 2.54. The summed E-state index contributed by atoms with van der Waals surface area (Å²) >= 11 is 3.38. The van der Waals surface area contributed by atoms with Crippen molar-refractivity contribution in [2.45, 2.75) is 12.0 Å². The molecule has 1 unspecified atom stereocenters. The first-order valence-electron chi connectivity index (χ1n) is 4.27. The Morgan fingerprint density at radius 2 is 2.31 bits per heavy atom. The van der Waals surface area contributed by atoms with Gasteiger partial charge in [0.15, 0.2) is 0 Å². The smallest absolute Gasteiger partial charge is 0.115 e. The first-order valence-corrected chi connectivity index (χ1v) is 5.06. The normalized spacial score (nSPS) is 27.8. The molecule has 0 saturated carbocycles. The van der Waals surface area contributed by atoms with Gasteiger partial charge in [0.2, 0.25) is 0 Å². The molecule has 1 aliphatic rings. The summed E-state index contributed by atoms with van der Waals surface area (Å²) in [7, 11) is 0. The molecule has 0 aliphatic carbocycles. The number of hydrogen-bond donors (Lipinski definition) is 1. The fraction of sp³-hybridized carbons (Fsp3) is 0.400. The fourth-order valence-electron chi connectivity index (χ4n) is 1.56. The summed E-state index contributed by atoms with van der Waals surface area (Å²) in [6.45, 7) is 1.05. The van der Waals surface area contributed by atoms with Gasteiger partial charge in [-0.15, -0.1) is 0 Å². The molecule has 2 nitrogen and oxygen atoms in total. The van der Waals surface area contributed by atoms with Crippen molar-refractivity contribution in [3.63, 3.8) is 0 Å². The van der Waals surface area contributed by atoms with Crippen LogP contribution in [0.3, 0.4) is 0 Å². The van der Waals surface area contributed by atoms with Crippen LogP contribution in [0.1, 0.15) is 12.0 Å². The molecule has 70 valence electrons. The van der Waals surface area contributed by atoms with Gasteiger partial charge in [0.05, 0.1) is 6.61 Å². The summed E-state index contributed by atoms with van der Waals surface area (Å²) in [4.78, 5) is 0. The summed E-state index contributed by atoms with van der Waals surface area (Å²) in [5.41, 5.74) is 0.156. The van der Waals surface area contributed by atoms with Crippen LogP contribution >= 0.6 is 15.9 Å². The maximum Gasteiger partial charge on any atom is 0.115 e. The van der Waals surface area contributed by atoms with Crippen molar-refractivity contribution in [1.82, 2.24) is 0 Å². The van der Waals surface area contributed by atoms with Gasteiger partial charge in [-0.3, -0.25) is 0 Å². The lowest BCUT2D eigenvalue weighted by Gasteiger charge is -2.20. The number of ether oxygens (including phenoxy) is 1. The molecule has 0 spiro atoms. The van der Waals surface area contributed by atoms with Gasteiger partial charge < -0.3 is 9.84 Å². The van der Waals surface area contributed by atoms with Crippen LogP contribution in [-0.4, -0.2) is 18.3 Å². The first-order chi connectivity index (χ1) is 6.21. The highest BCUT2D eigenvalue weighted by molar-refractivity contribution is 9.10. The third kappa shape index (κ3) is 1.77. The Bertz CT molecular complexity index is 306. The number of aliphatic hydroxyl groups is 1. The van der Waals surface area contributed by atoms with Crippen LogP contribution in [0, 0.1) is 0 Å². The third-order valence-corrected chi connectivity index (χ3v) is 2.86. The van der Waals surface area contributed by atoms with Crippen molar-refractivity contribution in [2.75, 3.05) is 13.2 Å². The Labute approximate surface area is 85.7 Å². The van der Waals surface area contributed by atoms with Gasteiger partial charge in [0.25, 0.3) is 0 Å². The van der Waals surface area contributed by atoms with E-state index in [1.165, 1.54) is 0 Å². The Morgan fingerprint density at radius 1 is 1.46 bits per heavy atom. The maximum absolute atomic E-state index is 10.1. The highest BCUT2D eigenvalue weighted by Crippen LogP contribution is 2.31. The third-order valence-electron chi connectivity index (χ3n) is 2.36. The summed E-state index contributed by atoms with van der Waals surface area (Å²) in [5.74, 6) is 0. The number of halogens is 1. The Balaban J connectivity index is 2.33. The maximum atomic E-state index is 10.1. The van der Waals surface area contributed by atoms with Gasteiger partial charge in [-0.1, -0.05) is 28.1 Å².